The van der Waals surface area contributed by atoms with Gasteiger partial charge in [0.05, 0.1) is 35.3 Å². The minimum atomic E-state index is -4.59. The van der Waals surface area contributed by atoms with Gasteiger partial charge in [-0.3, -0.25) is 15.6 Å². The molecule has 2 amide bonds. The summed E-state index contributed by atoms with van der Waals surface area (Å²) in [5.41, 5.74) is -0.184. The van der Waals surface area contributed by atoms with Crippen molar-refractivity contribution in [1.29, 1.82) is 5.41 Å². The highest BCUT2D eigenvalue weighted by Gasteiger charge is 2.37. The summed E-state index contributed by atoms with van der Waals surface area (Å²) in [5.74, 6) is -1.04. The van der Waals surface area contributed by atoms with Crippen LogP contribution in [-0.4, -0.2) is 89.6 Å². The molecule has 3 aromatic carbocycles. The van der Waals surface area contributed by atoms with Crippen LogP contribution in [0.4, 0.5) is 15.3 Å². The van der Waals surface area contributed by atoms with E-state index in [-0.39, 0.29) is 58.1 Å². The Morgan fingerprint density at radius 2 is 1.62 bits per heavy atom. The van der Waals surface area contributed by atoms with Crippen molar-refractivity contribution in [1.82, 2.24) is 10.4 Å². The number of hydrogen-bond acceptors (Lipinski definition) is 15. The summed E-state index contributed by atoms with van der Waals surface area (Å²) in [6, 6.07) is 12.9. The van der Waals surface area contributed by atoms with Gasteiger partial charge in [-0.2, -0.15) is 8.42 Å². The summed E-state index contributed by atoms with van der Waals surface area (Å²) < 4.78 is 81.4. The number of fused-ring (bicyclic) bond motifs is 2. The summed E-state index contributed by atoms with van der Waals surface area (Å²) in [6.07, 6.45) is -0.0480. The third kappa shape index (κ3) is 11.2. The molecule has 0 aromatic heterocycles. The number of anilines is 1. The third-order valence-electron chi connectivity index (χ3n) is 8.85. The maximum atomic E-state index is 14.2. The van der Waals surface area contributed by atoms with E-state index >= 15 is 0 Å². The third-order valence-corrected chi connectivity index (χ3v) is 11.9. The first-order valence-electron chi connectivity index (χ1n) is 19.4. The van der Waals surface area contributed by atoms with E-state index < -0.39 is 61.3 Å². The lowest BCUT2D eigenvalue weighted by atomic mass is 9.99. The Morgan fingerprint density at radius 1 is 0.917 bits per heavy atom. The van der Waals surface area contributed by atoms with E-state index in [1.54, 1.807) is 84.6 Å². The Hall–Kier alpha value is -5.40. The predicted octanol–water partition coefficient (Wildman–Crippen LogP) is 6.89. The molecule has 3 aromatic rings. The molecule has 0 saturated carbocycles. The number of benzene rings is 3. The standard InChI is InChI=1S/C41H52N4O13S2/c1-9-53-36(46)32-13-10-11-18-44(32)33-23-27(31-16-15-30-25-35(31)59(30,49)50)14-17-34(33)60(51,52)58-29-22-26(2)21-28(24-29)54-19-12-20-55-45(39(48)57-41(6,7)8)37(42)43-38(47)56-40(3,4)5/h14-17,21-25,32H,9-13,18-20H2,1-8H3,(H2,42,43,47). The quantitative estimate of drug-likeness (QED) is 0.0266. The summed E-state index contributed by atoms with van der Waals surface area (Å²) in [5, 5.41) is 10.9. The molecule has 0 spiro atoms. The van der Waals surface area contributed by atoms with E-state index in [0.717, 1.165) is 6.42 Å². The van der Waals surface area contributed by atoms with Crippen LogP contribution in [-0.2, 0) is 43.8 Å². The number of carbonyl (C=O) groups excluding carboxylic acids is 3. The van der Waals surface area contributed by atoms with Gasteiger partial charge in [-0.05, 0) is 122 Å². The highest BCUT2D eigenvalue weighted by atomic mass is 32.2. The molecule has 1 fully saturated rings. The average Bonchev–Trinajstić information content (AvgIpc) is 3.14. The van der Waals surface area contributed by atoms with Crippen molar-refractivity contribution in [2.45, 2.75) is 113 Å². The van der Waals surface area contributed by atoms with Crippen LogP contribution in [0.2, 0.25) is 0 Å². The number of alkyl carbamates (subject to hydrolysis) is 1. The van der Waals surface area contributed by atoms with Gasteiger partial charge in [0.2, 0.25) is 15.8 Å². The molecule has 326 valence electrons. The van der Waals surface area contributed by atoms with Crippen LogP contribution in [0.15, 0.2) is 69.3 Å². The second-order valence-corrected chi connectivity index (χ2v) is 19.5. The number of carbonyl (C=O) groups is 3. The SMILES string of the molecule is CCOC(=O)C1CCCCN1c1cc(-c2ccc3cc2S3(=O)=O)ccc1S(=O)(=O)Oc1cc(C)cc(OCCCON(C(=N)NC(=O)OC(C)(C)C)C(=O)OC(C)(C)C)c1. The van der Waals surface area contributed by atoms with Gasteiger partial charge in [0, 0.05) is 24.6 Å². The van der Waals surface area contributed by atoms with E-state index in [9.17, 15) is 31.2 Å². The molecule has 2 bridgehead atoms. The molecule has 1 saturated heterocycles. The fraction of sp³-hybridized carbons (Fsp3) is 0.463. The number of amides is 2. The second-order valence-electron chi connectivity index (χ2n) is 16.1. The number of hydrogen-bond donors (Lipinski definition) is 2. The molecule has 1 unspecified atom stereocenters. The fourth-order valence-corrected chi connectivity index (χ4v) is 8.86. The van der Waals surface area contributed by atoms with Crippen LogP contribution >= 0.6 is 0 Å². The molecular weight excluding hydrogens is 821 g/mol. The first-order valence-corrected chi connectivity index (χ1v) is 22.3. The summed E-state index contributed by atoms with van der Waals surface area (Å²) in [4.78, 5) is 45.6. The lowest BCUT2D eigenvalue weighted by molar-refractivity contribution is -0.145. The van der Waals surface area contributed by atoms with Crippen molar-refractivity contribution in [3.05, 3.63) is 60.2 Å². The predicted molar refractivity (Wildman–Crippen MR) is 219 cm³/mol. The lowest BCUT2D eigenvalue weighted by Gasteiger charge is -2.37. The molecule has 2 N–H and O–H groups in total. The number of sulfone groups is 1. The topological polar surface area (TPSA) is 217 Å². The van der Waals surface area contributed by atoms with Crippen LogP contribution < -0.4 is 19.1 Å². The molecule has 17 nitrogen and oxygen atoms in total. The van der Waals surface area contributed by atoms with Gasteiger partial charge in [0.25, 0.3) is 0 Å². The zero-order chi connectivity index (χ0) is 44.2. The molecule has 0 radical (unpaired) electrons. The van der Waals surface area contributed by atoms with Gasteiger partial charge >= 0.3 is 28.3 Å². The number of hydroxylamine groups is 2. The molecule has 60 heavy (non-hydrogen) atoms. The highest BCUT2D eigenvalue weighted by molar-refractivity contribution is 7.92. The summed E-state index contributed by atoms with van der Waals surface area (Å²) in [7, 11) is -8.19. The molecule has 19 heteroatoms. The molecular formula is C41H52N4O13S2. The minimum Gasteiger partial charge on any atom is -0.493 e. The highest BCUT2D eigenvalue weighted by Crippen LogP contribution is 2.43. The molecule has 6 rings (SSSR count). The summed E-state index contributed by atoms with van der Waals surface area (Å²) >= 11 is 0. The number of ether oxygens (including phenoxy) is 4. The molecule has 3 aliphatic heterocycles. The van der Waals surface area contributed by atoms with E-state index in [4.69, 9.17) is 33.4 Å². The normalized spacial score (nSPS) is 15.9. The number of guanidine groups is 1. The Morgan fingerprint density at radius 3 is 2.27 bits per heavy atom. The van der Waals surface area contributed by atoms with Gasteiger partial charge < -0.3 is 28.0 Å². The molecule has 0 aliphatic carbocycles. The number of nitrogens with one attached hydrogen (secondary N) is 2. The van der Waals surface area contributed by atoms with Crippen LogP contribution in [0, 0.1) is 12.3 Å². The molecule has 3 heterocycles. The van der Waals surface area contributed by atoms with Crippen LogP contribution in [0.3, 0.4) is 0 Å². The fourth-order valence-electron chi connectivity index (χ4n) is 6.41. The van der Waals surface area contributed by atoms with Crippen molar-refractivity contribution in [2.24, 2.45) is 0 Å². The monoisotopic (exact) mass is 872 g/mol. The van der Waals surface area contributed by atoms with Crippen molar-refractivity contribution < 1.29 is 59.2 Å². The number of nitrogens with zero attached hydrogens (tertiary/aromatic N) is 2. The molecule has 3 aliphatic rings. The average molecular weight is 873 g/mol. The number of rotatable bonds is 13. The van der Waals surface area contributed by atoms with E-state index in [1.807, 2.05) is 0 Å². The zero-order valence-electron chi connectivity index (χ0n) is 34.9. The van der Waals surface area contributed by atoms with Crippen molar-refractivity contribution in [2.75, 3.05) is 31.3 Å². The van der Waals surface area contributed by atoms with Gasteiger partial charge in [-0.1, -0.05) is 12.1 Å². The minimum absolute atomic E-state index is 0.0130. The van der Waals surface area contributed by atoms with E-state index in [1.165, 1.54) is 30.3 Å². The maximum Gasteiger partial charge on any atom is 0.442 e. The van der Waals surface area contributed by atoms with Gasteiger partial charge in [-0.15, -0.1) is 5.06 Å². The Bertz CT molecular complexity index is 2350. The number of esters is 1. The van der Waals surface area contributed by atoms with Crippen molar-refractivity contribution in [3.8, 4) is 22.6 Å². The Kier molecular flexibility index (Phi) is 13.8. The van der Waals surface area contributed by atoms with E-state index in [2.05, 4.69) is 5.32 Å². The molecule has 1 atom stereocenters. The first-order chi connectivity index (χ1) is 28.0. The Balaban J connectivity index is 1.33. The lowest BCUT2D eigenvalue weighted by Crippen LogP contribution is -2.49. The Labute approximate surface area is 350 Å². The van der Waals surface area contributed by atoms with Crippen LogP contribution in [0.1, 0.15) is 79.7 Å². The van der Waals surface area contributed by atoms with Gasteiger partial charge in [0.15, 0.2) is 0 Å². The zero-order valence-corrected chi connectivity index (χ0v) is 36.6. The van der Waals surface area contributed by atoms with Gasteiger partial charge in [-0.25, -0.2) is 22.8 Å². The number of aryl methyl sites for hydroxylation is 1. The second kappa shape index (κ2) is 18.1. The van der Waals surface area contributed by atoms with Crippen LogP contribution in [0.5, 0.6) is 11.5 Å². The first kappa shape index (κ1) is 45.7. The smallest absolute Gasteiger partial charge is 0.442 e. The largest absolute Gasteiger partial charge is 0.493 e. The van der Waals surface area contributed by atoms with Gasteiger partial charge in [0.1, 0.15) is 33.6 Å². The number of piperidine rings is 1. The maximum absolute atomic E-state index is 14.2. The van der Waals surface area contributed by atoms with Crippen molar-refractivity contribution in [3.63, 3.8) is 0 Å². The van der Waals surface area contributed by atoms with E-state index in [0.29, 0.717) is 41.1 Å². The van der Waals surface area contributed by atoms with Crippen molar-refractivity contribution >= 4 is 49.8 Å². The van der Waals surface area contributed by atoms with Crippen LogP contribution in [0.25, 0.3) is 11.1 Å². The summed E-state index contributed by atoms with van der Waals surface area (Å²) in [6.45, 7) is 13.5.